The molecule has 0 spiro atoms. The number of carboxylic acids is 2. The third-order valence-corrected chi connectivity index (χ3v) is 12.7. The molecule has 9 heterocycles. The van der Waals surface area contributed by atoms with Crippen LogP contribution in [-0.2, 0) is 40.4 Å². The molecule has 370 valence electrons. The van der Waals surface area contributed by atoms with E-state index in [0.29, 0.717) is 25.9 Å². The number of carbonyl (C=O) groups is 6. The van der Waals surface area contributed by atoms with E-state index in [2.05, 4.69) is 5.32 Å². The van der Waals surface area contributed by atoms with Crippen LogP contribution in [0.2, 0.25) is 5.02 Å². The zero-order valence-corrected chi connectivity index (χ0v) is 38.1. The number of amides is 4. The Bertz CT molecular complexity index is 3100. The minimum Gasteiger partial charge on any atom is -0.503 e. The fourth-order valence-electron chi connectivity index (χ4n) is 8.98. The number of nitrogens with zero attached hydrogens (tertiary/aromatic N) is 6. The molecule has 0 radical (unpaired) electrons. The first-order chi connectivity index (χ1) is 33.1. The van der Waals surface area contributed by atoms with Crippen molar-refractivity contribution in [1.29, 1.82) is 0 Å². The number of hydrogen-bond donors (Lipinski definition) is 4. The number of aromatic nitrogens is 3. The SMILES string of the molecule is COc1c2n(cc(C(=O)O)c1=O)C[C@H]1OC[C@H](C)N1C2=O.C[C@H]1CO[C@@H]2Cn3cc(C(=O)NCc4ccc(F)cc4F)c(=O)c(O)c3C(=O)N12.C[C@H]1CO[C@@H]2Cn3cc(C(=O)O)c(=O)c(Cl)c3C(=O)N12. The van der Waals surface area contributed by atoms with Gasteiger partial charge in [-0.3, -0.25) is 33.6 Å². The van der Waals surface area contributed by atoms with Crippen LogP contribution in [0, 0.1) is 11.6 Å². The maximum absolute atomic E-state index is 13.7. The minimum atomic E-state index is -1.37. The van der Waals surface area contributed by atoms with E-state index in [0.717, 1.165) is 12.3 Å². The molecule has 6 aliphatic heterocycles. The fourth-order valence-corrected chi connectivity index (χ4v) is 9.27. The molecule has 1 aromatic carbocycles. The van der Waals surface area contributed by atoms with E-state index in [-0.39, 0.29) is 83.6 Å². The first-order valence-electron chi connectivity index (χ1n) is 21.4. The fraction of sp³-hybridized carbons (Fsp3) is 0.386. The number of hydrogen-bond acceptors (Lipinski definition) is 14. The summed E-state index contributed by atoms with van der Waals surface area (Å²) in [6, 6.07) is 2.49. The van der Waals surface area contributed by atoms with Gasteiger partial charge in [-0.2, -0.15) is 0 Å². The molecule has 0 bridgehead atoms. The molecule has 0 saturated carbocycles. The summed E-state index contributed by atoms with van der Waals surface area (Å²) in [5, 5.41) is 30.4. The number of carbonyl (C=O) groups excluding carboxylic acids is 4. The van der Waals surface area contributed by atoms with Crippen LogP contribution in [0.3, 0.4) is 0 Å². The highest BCUT2D eigenvalue weighted by atomic mass is 35.5. The van der Waals surface area contributed by atoms with E-state index in [1.807, 2.05) is 13.8 Å². The Hall–Kier alpha value is -7.48. The summed E-state index contributed by atoms with van der Waals surface area (Å²) < 4.78 is 52.4. The van der Waals surface area contributed by atoms with Gasteiger partial charge >= 0.3 is 11.9 Å². The standard InChI is InChI=1S/C19H17F2N3O5.C13H14N2O6.C12H11ClN2O5/c1-9-8-29-14-7-23-6-12(16(25)17(26)15(23)19(28)24(9)14)18(27)22-5-10-2-3-11(20)4-13(10)21;1-6-5-21-8-4-14-3-7(13(18)19)10(16)11(20-2)9(14)12(17)15(6)8;1-5-4-20-7-3-14-2-6(12(18)19)10(16)8(13)9(14)11(17)15(5)7/h2-4,6,9,14,26H,5,7-8H2,1H3,(H,22,27);3,6,8H,4-5H2,1-2H3,(H,18,19);2,5,7H,3-4H2,1H3,(H,18,19)/t9-,14+;6-,8+;5-,7+/m000/s1. The first-order valence-corrected chi connectivity index (χ1v) is 21.7. The van der Waals surface area contributed by atoms with Crippen LogP contribution in [0.25, 0.3) is 0 Å². The summed E-state index contributed by atoms with van der Waals surface area (Å²) in [6.45, 7) is 6.99. The molecule has 3 saturated heterocycles. The quantitative estimate of drug-likeness (QED) is 0.211. The molecule has 4 amide bonds. The molecule has 0 aliphatic carbocycles. The number of nitrogens with one attached hydrogen (secondary N) is 1. The van der Waals surface area contributed by atoms with Crippen molar-refractivity contribution in [2.24, 2.45) is 0 Å². The predicted octanol–water partition coefficient (Wildman–Crippen LogP) is 1.12. The van der Waals surface area contributed by atoms with Crippen LogP contribution in [-0.4, -0.2) is 143 Å². The van der Waals surface area contributed by atoms with Gasteiger partial charge in [0.15, 0.2) is 41.6 Å². The molecular formula is C44H42ClF2N7O16. The van der Waals surface area contributed by atoms with E-state index in [9.17, 15) is 57.0 Å². The van der Waals surface area contributed by atoms with Gasteiger partial charge < -0.3 is 68.0 Å². The van der Waals surface area contributed by atoms with Gasteiger partial charge in [-0.05, 0) is 26.8 Å². The van der Waals surface area contributed by atoms with Gasteiger partial charge in [0.2, 0.25) is 16.3 Å². The summed E-state index contributed by atoms with van der Waals surface area (Å²) in [6.07, 6.45) is 2.03. The Morgan fingerprint density at radius 3 is 1.61 bits per heavy atom. The number of aromatic hydroxyl groups is 1. The summed E-state index contributed by atoms with van der Waals surface area (Å²) >= 11 is 5.91. The smallest absolute Gasteiger partial charge is 0.341 e. The molecule has 3 aromatic heterocycles. The highest BCUT2D eigenvalue weighted by molar-refractivity contribution is 6.33. The van der Waals surface area contributed by atoms with E-state index < -0.39 is 98.7 Å². The van der Waals surface area contributed by atoms with Gasteiger partial charge in [-0.1, -0.05) is 17.7 Å². The van der Waals surface area contributed by atoms with Crippen LogP contribution in [0.4, 0.5) is 8.78 Å². The highest BCUT2D eigenvalue weighted by Gasteiger charge is 2.45. The van der Waals surface area contributed by atoms with Crippen molar-refractivity contribution >= 4 is 47.2 Å². The molecule has 0 unspecified atom stereocenters. The van der Waals surface area contributed by atoms with Crippen LogP contribution in [0.15, 0.2) is 51.2 Å². The maximum Gasteiger partial charge on any atom is 0.341 e. The molecule has 10 rings (SSSR count). The largest absolute Gasteiger partial charge is 0.503 e. The molecule has 6 aliphatic rings. The van der Waals surface area contributed by atoms with Gasteiger partial charge in [0.25, 0.3) is 23.6 Å². The lowest BCUT2D eigenvalue weighted by Crippen LogP contribution is -2.49. The number of methoxy groups -OCH3 is 1. The van der Waals surface area contributed by atoms with Crippen molar-refractivity contribution in [1.82, 2.24) is 33.7 Å². The number of carboxylic acid groups (broad SMARTS) is 2. The zero-order valence-electron chi connectivity index (χ0n) is 37.3. The van der Waals surface area contributed by atoms with Crippen molar-refractivity contribution < 1.29 is 71.8 Å². The third kappa shape index (κ3) is 8.43. The lowest BCUT2D eigenvalue weighted by atomic mass is 10.1. The van der Waals surface area contributed by atoms with Crippen LogP contribution in [0.5, 0.6) is 11.5 Å². The highest BCUT2D eigenvalue weighted by Crippen LogP contribution is 2.32. The second-order valence-electron chi connectivity index (χ2n) is 16.9. The average Bonchev–Trinajstić information content (AvgIpc) is 4.01. The van der Waals surface area contributed by atoms with E-state index in [1.165, 1.54) is 49.1 Å². The Morgan fingerprint density at radius 2 is 1.13 bits per heavy atom. The Kier molecular flexibility index (Phi) is 13.1. The van der Waals surface area contributed by atoms with Gasteiger partial charge in [0.05, 0.1) is 64.7 Å². The number of halogens is 3. The Labute approximate surface area is 397 Å². The molecule has 4 N–H and O–H groups in total. The Balaban J connectivity index is 0.000000145. The van der Waals surface area contributed by atoms with Crippen LogP contribution >= 0.6 is 11.6 Å². The van der Waals surface area contributed by atoms with Crippen molar-refractivity contribution in [3.05, 3.63) is 123 Å². The molecule has 23 nitrogen and oxygen atoms in total. The number of rotatable bonds is 6. The van der Waals surface area contributed by atoms with E-state index >= 15 is 0 Å². The second-order valence-corrected chi connectivity index (χ2v) is 17.3. The molecule has 3 fully saturated rings. The summed E-state index contributed by atoms with van der Waals surface area (Å²) in [5.74, 6) is -7.60. The van der Waals surface area contributed by atoms with Crippen LogP contribution in [0.1, 0.15) is 88.9 Å². The zero-order chi connectivity index (χ0) is 50.8. The molecule has 70 heavy (non-hydrogen) atoms. The van der Waals surface area contributed by atoms with E-state index in [1.54, 1.807) is 11.8 Å². The van der Waals surface area contributed by atoms with Crippen molar-refractivity contribution in [3.63, 3.8) is 0 Å². The molecule has 6 atom stereocenters. The number of pyridine rings is 3. The average molecular weight is 998 g/mol. The summed E-state index contributed by atoms with van der Waals surface area (Å²) in [7, 11) is 1.24. The topological polar surface area (TPSA) is 288 Å². The monoisotopic (exact) mass is 997 g/mol. The van der Waals surface area contributed by atoms with Crippen molar-refractivity contribution in [2.45, 2.75) is 83.8 Å². The second kappa shape index (κ2) is 18.8. The van der Waals surface area contributed by atoms with Gasteiger partial charge in [-0.25, -0.2) is 18.4 Å². The molecule has 26 heteroatoms. The van der Waals surface area contributed by atoms with Crippen molar-refractivity contribution in [2.75, 3.05) is 26.9 Å². The first kappa shape index (κ1) is 49.0. The minimum absolute atomic E-state index is 0.0234. The number of aromatic carboxylic acids is 2. The molecule has 4 aromatic rings. The van der Waals surface area contributed by atoms with E-state index in [4.69, 9.17) is 40.8 Å². The lowest BCUT2D eigenvalue weighted by Gasteiger charge is -2.34. The van der Waals surface area contributed by atoms with Crippen LogP contribution < -0.4 is 26.3 Å². The van der Waals surface area contributed by atoms with Crippen molar-refractivity contribution in [3.8, 4) is 11.5 Å². The lowest BCUT2D eigenvalue weighted by molar-refractivity contribution is 0.00554. The Morgan fingerprint density at radius 1 is 0.686 bits per heavy atom. The predicted molar refractivity (Wildman–Crippen MR) is 233 cm³/mol. The third-order valence-electron chi connectivity index (χ3n) is 12.4. The molecular weight excluding hydrogens is 956 g/mol. The number of ether oxygens (including phenoxy) is 4. The number of fused-ring (bicyclic) bond motifs is 6. The number of benzene rings is 1. The van der Waals surface area contributed by atoms with Gasteiger partial charge in [0, 0.05) is 36.8 Å². The van der Waals surface area contributed by atoms with Gasteiger partial charge in [0.1, 0.15) is 39.0 Å². The van der Waals surface area contributed by atoms with Gasteiger partial charge in [-0.15, -0.1) is 0 Å². The summed E-state index contributed by atoms with van der Waals surface area (Å²) in [4.78, 5) is 113. The normalized spacial score (nSPS) is 22.6. The maximum atomic E-state index is 13.7. The summed E-state index contributed by atoms with van der Waals surface area (Å²) in [5.41, 5.74) is -4.01.